The molecule has 2 saturated carbocycles. The Kier molecular flexibility index (Phi) is 7.75. The molecule has 0 saturated heterocycles. The molecule has 32 heavy (non-hydrogen) atoms. The molecule has 6 heteroatoms. The van der Waals surface area contributed by atoms with Crippen molar-refractivity contribution in [2.24, 2.45) is 23.2 Å². The van der Waals surface area contributed by atoms with Crippen LogP contribution in [-0.2, 0) is 20.8 Å². The molecule has 3 rings (SSSR count). The van der Waals surface area contributed by atoms with E-state index in [4.69, 9.17) is 0 Å². The molecule has 1 unspecified atom stereocenters. The van der Waals surface area contributed by atoms with E-state index in [2.05, 4.69) is 16.0 Å². The molecule has 176 valence electrons. The number of amides is 2. The molecule has 6 nitrogen and oxygen atoms in total. The van der Waals surface area contributed by atoms with E-state index in [1.807, 2.05) is 51.1 Å². The molecule has 0 spiro atoms. The van der Waals surface area contributed by atoms with E-state index in [9.17, 15) is 14.4 Å². The average Bonchev–Trinajstić information content (AvgIpc) is 3.33. The van der Waals surface area contributed by atoms with Gasteiger partial charge in [-0.15, -0.1) is 0 Å². The molecule has 2 aliphatic carbocycles. The molecule has 2 amide bonds. The quantitative estimate of drug-likeness (QED) is 0.579. The molecular weight excluding hydrogens is 402 g/mol. The van der Waals surface area contributed by atoms with Gasteiger partial charge < -0.3 is 16.0 Å². The number of Topliss-reactive ketones (excluding diaryl/α,β-unsaturated/α-hetero) is 1. The van der Waals surface area contributed by atoms with Gasteiger partial charge in [-0.1, -0.05) is 51.1 Å². The summed E-state index contributed by atoms with van der Waals surface area (Å²) in [6, 6.07) is 8.87. The third kappa shape index (κ3) is 5.58. The second-order valence-electron chi connectivity index (χ2n) is 10.7. The first-order valence-electron chi connectivity index (χ1n) is 12.0. The summed E-state index contributed by atoms with van der Waals surface area (Å²) in [5, 5.41) is 9.20. The largest absolute Gasteiger partial charge is 0.353 e. The molecule has 3 N–H and O–H groups in total. The molecule has 0 aliphatic heterocycles. The van der Waals surface area contributed by atoms with Gasteiger partial charge in [-0.05, 0) is 62.5 Å². The maximum Gasteiger partial charge on any atom is 0.237 e. The number of rotatable bonds is 8. The first-order chi connectivity index (χ1) is 15.1. The zero-order chi connectivity index (χ0) is 23.5. The Morgan fingerprint density at radius 2 is 1.69 bits per heavy atom. The fraction of sp³-hybridized carbons (Fsp3) is 0.654. The SMILES string of the molecule is CN[C@@H](C)C(=O)N[C@H](C(=O)C1CC[C@H]2CC[C@H](NC(=O)Cc3ccccc3)[C@@H]12)C(C)(C)C. The second kappa shape index (κ2) is 10.2. The smallest absolute Gasteiger partial charge is 0.237 e. The fourth-order valence-electron chi connectivity index (χ4n) is 5.51. The van der Waals surface area contributed by atoms with Crippen LogP contribution in [0.25, 0.3) is 0 Å². The lowest BCUT2D eigenvalue weighted by Crippen LogP contribution is -2.56. The summed E-state index contributed by atoms with van der Waals surface area (Å²) in [6.45, 7) is 7.79. The Labute approximate surface area is 192 Å². The van der Waals surface area contributed by atoms with Crippen molar-refractivity contribution in [2.45, 2.75) is 77.9 Å². The van der Waals surface area contributed by atoms with Gasteiger partial charge in [0.2, 0.25) is 11.8 Å². The van der Waals surface area contributed by atoms with Crippen LogP contribution in [0.3, 0.4) is 0 Å². The lowest BCUT2D eigenvalue weighted by atomic mass is 9.76. The molecule has 6 atom stereocenters. The Morgan fingerprint density at radius 1 is 1.03 bits per heavy atom. The Hall–Kier alpha value is -2.21. The first-order valence-corrected chi connectivity index (χ1v) is 12.0. The molecule has 0 bridgehead atoms. The summed E-state index contributed by atoms with van der Waals surface area (Å²) in [6.07, 6.45) is 4.18. The lowest BCUT2D eigenvalue weighted by molar-refractivity contribution is -0.134. The van der Waals surface area contributed by atoms with Gasteiger partial charge in [-0.2, -0.15) is 0 Å². The van der Waals surface area contributed by atoms with Crippen LogP contribution in [0, 0.1) is 23.2 Å². The highest BCUT2D eigenvalue weighted by Gasteiger charge is 2.51. The maximum absolute atomic E-state index is 13.8. The van der Waals surface area contributed by atoms with Gasteiger partial charge in [0.05, 0.1) is 18.5 Å². The summed E-state index contributed by atoms with van der Waals surface area (Å²) in [4.78, 5) is 39.1. The van der Waals surface area contributed by atoms with Crippen LogP contribution >= 0.6 is 0 Å². The zero-order valence-corrected chi connectivity index (χ0v) is 20.1. The molecule has 2 aliphatic rings. The first kappa shape index (κ1) is 24.4. The minimum Gasteiger partial charge on any atom is -0.353 e. The van der Waals surface area contributed by atoms with Gasteiger partial charge in [0.1, 0.15) is 0 Å². The van der Waals surface area contributed by atoms with Gasteiger partial charge >= 0.3 is 0 Å². The van der Waals surface area contributed by atoms with E-state index in [-0.39, 0.29) is 46.9 Å². The molecule has 0 aromatic heterocycles. The highest BCUT2D eigenvalue weighted by molar-refractivity contribution is 5.93. The summed E-state index contributed by atoms with van der Waals surface area (Å²) < 4.78 is 0. The minimum atomic E-state index is -0.546. The Morgan fingerprint density at radius 3 is 2.31 bits per heavy atom. The van der Waals surface area contributed by atoms with Crippen molar-refractivity contribution >= 4 is 17.6 Å². The molecule has 2 fully saturated rings. The van der Waals surface area contributed by atoms with E-state index in [1.54, 1.807) is 14.0 Å². The summed E-state index contributed by atoms with van der Waals surface area (Å²) >= 11 is 0. The number of hydrogen-bond donors (Lipinski definition) is 3. The van der Waals surface area contributed by atoms with E-state index in [0.29, 0.717) is 12.3 Å². The fourth-order valence-corrected chi connectivity index (χ4v) is 5.51. The van der Waals surface area contributed by atoms with E-state index >= 15 is 0 Å². The number of carbonyl (C=O) groups is 3. The molecule has 1 aromatic rings. The molecule has 0 heterocycles. The van der Waals surface area contributed by atoms with Gasteiger partial charge in [0.15, 0.2) is 5.78 Å². The second-order valence-corrected chi connectivity index (χ2v) is 10.7. The van der Waals surface area contributed by atoms with Gasteiger partial charge in [-0.3, -0.25) is 14.4 Å². The van der Waals surface area contributed by atoms with Gasteiger partial charge in [0, 0.05) is 12.0 Å². The van der Waals surface area contributed by atoms with Crippen LogP contribution < -0.4 is 16.0 Å². The predicted molar refractivity (Wildman–Crippen MR) is 126 cm³/mol. The van der Waals surface area contributed by atoms with Crippen molar-refractivity contribution in [1.29, 1.82) is 0 Å². The monoisotopic (exact) mass is 441 g/mol. The van der Waals surface area contributed by atoms with Crippen molar-refractivity contribution in [3.8, 4) is 0 Å². The normalized spacial score (nSPS) is 26.8. The van der Waals surface area contributed by atoms with Crippen LogP contribution in [0.15, 0.2) is 30.3 Å². The third-order valence-corrected chi connectivity index (χ3v) is 7.35. The Bertz CT molecular complexity index is 817. The number of carbonyl (C=O) groups excluding carboxylic acids is 3. The maximum atomic E-state index is 13.8. The average molecular weight is 442 g/mol. The standard InChI is InChI=1S/C26H39N3O3/c1-16(27-5)25(32)29-24(26(2,3)4)23(31)19-13-11-18-12-14-20(22(18)19)28-21(30)15-17-9-7-6-8-10-17/h6-10,16,18-20,22,24,27H,11-15H2,1-5H3,(H,28,30)(H,29,32)/t16-,18-,19?,20-,22+,24+/m0/s1. The van der Waals surface area contributed by atoms with Crippen molar-refractivity contribution in [3.63, 3.8) is 0 Å². The summed E-state index contributed by atoms with van der Waals surface area (Å²) in [5.74, 6) is 0.479. The number of ketones is 1. The number of fused-ring (bicyclic) bond motifs is 1. The molecule has 0 radical (unpaired) electrons. The molecular formula is C26H39N3O3. The predicted octanol–water partition coefficient (Wildman–Crippen LogP) is 2.86. The molecule has 1 aromatic carbocycles. The van der Waals surface area contributed by atoms with Crippen molar-refractivity contribution < 1.29 is 14.4 Å². The van der Waals surface area contributed by atoms with Crippen LogP contribution in [0.4, 0.5) is 0 Å². The van der Waals surface area contributed by atoms with E-state index < -0.39 is 6.04 Å². The highest BCUT2D eigenvalue weighted by atomic mass is 16.2. The minimum absolute atomic E-state index is 0.0171. The van der Waals surface area contributed by atoms with Gasteiger partial charge in [-0.25, -0.2) is 0 Å². The van der Waals surface area contributed by atoms with Crippen molar-refractivity contribution in [2.75, 3.05) is 7.05 Å². The van der Waals surface area contributed by atoms with Crippen molar-refractivity contribution in [3.05, 3.63) is 35.9 Å². The highest BCUT2D eigenvalue weighted by Crippen LogP contribution is 2.49. The number of nitrogens with one attached hydrogen (secondary N) is 3. The number of hydrogen-bond acceptors (Lipinski definition) is 4. The van der Waals surface area contributed by atoms with E-state index in [0.717, 1.165) is 31.2 Å². The summed E-state index contributed by atoms with van der Waals surface area (Å²) in [5.41, 5.74) is 0.607. The van der Waals surface area contributed by atoms with Crippen LogP contribution in [0.2, 0.25) is 0 Å². The topological polar surface area (TPSA) is 87.3 Å². The third-order valence-electron chi connectivity index (χ3n) is 7.35. The number of benzene rings is 1. The van der Waals surface area contributed by atoms with E-state index in [1.165, 1.54) is 0 Å². The Balaban J connectivity index is 1.71. The summed E-state index contributed by atoms with van der Waals surface area (Å²) in [7, 11) is 1.74. The van der Waals surface area contributed by atoms with Gasteiger partial charge in [0.25, 0.3) is 0 Å². The lowest BCUT2D eigenvalue weighted by Gasteiger charge is -2.35. The van der Waals surface area contributed by atoms with Crippen LogP contribution in [0.5, 0.6) is 0 Å². The van der Waals surface area contributed by atoms with Crippen molar-refractivity contribution in [1.82, 2.24) is 16.0 Å². The van der Waals surface area contributed by atoms with Crippen LogP contribution in [-0.4, -0.2) is 42.8 Å². The zero-order valence-electron chi connectivity index (χ0n) is 20.1. The number of likely N-dealkylation sites (N-methyl/N-ethyl adjacent to an activating group) is 1. The van der Waals surface area contributed by atoms with Crippen LogP contribution in [0.1, 0.15) is 58.9 Å².